The van der Waals surface area contributed by atoms with Crippen molar-refractivity contribution in [3.05, 3.63) is 29.8 Å². The lowest BCUT2D eigenvalue weighted by Gasteiger charge is -2.27. The number of benzene rings is 1. The second kappa shape index (κ2) is 3.98. The van der Waals surface area contributed by atoms with E-state index in [4.69, 9.17) is 4.74 Å². The normalized spacial score (nSPS) is 32.1. The number of hydrogen-bond acceptors (Lipinski definition) is 3. The van der Waals surface area contributed by atoms with E-state index in [1.807, 2.05) is 18.2 Å². The number of carbonyl (C=O) groups is 1. The van der Waals surface area contributed by atoms with E-state index in [2.05, 4.69) is 11.4 Å². The predicted molar refractivity (Wildman–Crippen MR) is 73.5 cm³/mol. The maximum atomic E-state index is 12.4. The van der Waals surface area contributed by atoms with Gasteiger partial charge in [-0.25, -0.2) is 0 Å². The van der Waals surface area contributed by atoms with Crippen molar-refractivity contribution >= 4 is 5.91 Å². The van der Waals surface area contributed by atoms with Gasteiger partial charge < -0.3 is 15.2 Å². The molecule has 3 aliphatic rings. The van der Waals surface area contributed by atoms with E-state index in [-0.39, 0.29) is 29.4 Å². The molecule has 2 N–H and O–H groups in total. The van der Waals surface area contributed by atoms with Gasteiger partial charge in [-0.05, 0) is 31.7 Å². The Bertz CT molecular complexity index is 567. The van der Waals surface area contributed by atoms with Gasteiger partial charge in [-0.2, -0.15) is 0 Å². The molecule has 20 heavy (non-hydrogen) atoms. The van der Waals surface area contributed by atoms with Crippen LogP contribution in [0, 0.1) is 5.92 Å². The van der Waals surface area contributed by atoms with Crippen LogP contribution in [0.1, 0.15) is 31.2 Å². The van der Waals surface area contributed by atoms with Crippen LogP contribution in [0.3, 0.4) is 0 Å². The van der Waals surface area contributed by atoms with Crippen molar-refractivity contribution in [2.75, 3.05) is 13.2 Å². The fraction of sp³-hybridized carbons (Fsp3) is 0.562. The topological polar surface area (TPSA) is 58.6 Å². The highest BCUT2D eigenvalue weighted by Gasteiger charge is 2.62. The summed E-state index contributed by atoms with van der Waals surface area (Å²) in [7, 11) is 0. The van der Waals surface area contributed by atoms with Crippen molar-refractivity contribution in [2.24, 2.45) is 5.92 Å². The molecule has 1 heterocycles. The van der Waals surface area contributed by atoms with E-state index in [9.17, 15) is 9.90 Å². The summed E-state index contributed by atoms with van der Waals surface area (Å²) in [4.78, 5) is 12.4. The van der Waals surface area contributed by atoms with Crippen molar-refractivity contribution in [1.82, 2.24) is 5.32 Å². The van der Waals surface area contributed by atoms with Crippen molar-refractivity contribution in [2.45, 2.75) is 36.6 Å². The summed E-state index contributed by atoms with van der Waals surface area (Å²) in [5.41, 5.74) is 0.843. The molecule has 1 aliphatic heterocycles. The van der Waals surface area contributed by atoms with E-state index in [1.54, 1.807) is 0 Å². The number of ether oxygens (including phenoxy) is 1. The first kappa shape index (κ1) is 12.2. The lowest BCUT2D eigenvalue weighted by atomic mass is 9.87. The molecule has 1 spiro atoms. The second-order valence-electron chi connectivity index (χ2n) is 6.44. The Morgan fingerprint density at radius 1 is 1.35 bits per heavy atom. The number of hydrogen-bond donors (Lipinski definition) is 2. The number of fused-ring (bicyclic) bond motifs is 2. The zero-order valence-electron chi connectivity index (χ0n) is 11.4. The molecule has 2 fully saturated rings. The van der Waals surface area contributed by atoms with E-state index < -0.39 is 0 Å². The van der Waals surface area contributed by atoms with Crippen molar-refractivity contribution in [1.29, 1.82) is 0 Å². The van der Waals surface area contributed by atoms with Gasteiger partial charge in [0.1, 0.15) is 5.75 Å². The Balaban J connectivity index is 1.56. The molecule has 2 saturated carbocycles. The maximum absolute atomic E-state index is 12.4. The minimum atomic E-state index is -0.314. The summed E-state index contributed by atoms with van der Waals surface area (Å²) in [6, 6.07) is 8.05. The third-order valence-electron chi connectivity index (χ3n) is 5.17. The van der Waals surface area contributed by atoms with Gasteiger partial charge >= 0.3 is 0 Å². The average molecular weight is 273 g/mol. The molecule has 4 nitrogen and oxygen atoms in total. The van der Waals surface area contributed by atoms with Crippen LogP contribution < -0.4 is 10.1 Å². The van der Waals surface area contributed by atoms with Gasteiger partial charge in [-0.1, -0.05) is 18.2 Å². The highest BCUT2D eigenvalue weighted by Crippen LogP contribution is 2.61. The fourth-order valence-electron chi connectivity index (χ4n) is 3.53. The Hall–Kier alpha value is -1.55. The molecule has 2 aliphatic carbocycles. The van der Waals surface area contributed by atoms with Crippen LogP contribution in [-0.2, 0) is 10.2 Å². The Labute approximate surface area is 118 Å². The molecule has 0 radical (unpaired) electrons. The van der Waals surface area contributed by atoms with Crippen molar-refractivity contribution < 1.29 is 14.6 Å². The van der Waals surface area contributed by atoms with Gasteiger partial charge in [-0.15, -0.1) is 0 Å². The lowest BCUT2D eigenvalue weighted by Crippen LogP contribution is -2.42. The smallest absolute Gasteiger partial charge is 0.224 e. The molecule has 2 atom stereocenters. The molecule has 1 amide bonds. The first-order chi connectivity index (χ1) is 9.69. The van der Waals surface area contributed by atoms with Gasteiger partial charge in [0.05, 0.1) is 18.8 Å². The summed E-state index contributed by atoms with van der Waals surface area (Å²) in [5, 5.41) is 12.4. The molecular formula is C16H19NO3. The highest BCUT2D eigenvalue weighted by atomic mass is 16.5. The fourth-order valence-corrected chi connectivity index (χ4v) is 3.53. The van der Waals surface area contributed by atoms with Crippen molar-refractivity contribution in [3.63, 3.8) is 0 Å². The summed E-state index contributed by atoms with van der Waals surface area (Å²) in [5.74, 6) is 1.07. The molecule has 4 heteroatoms. The largest absolute Gasteiger partial charge is 0.493 e. The van der Waals surface area contributed by atoms with Crippen LogP contribution in [0.2, 0.25) is 0 Å². The molecule has 1 aromatic carbocycles. The molecule has 0 saturated heterocycles. The van der Waals surface area contributed by atoms with Crippen LogP contribution in [0.4, 0.5) is 0 Å². The number of aliphatic hydroxyl groups is 1. The lowest BCUT2D eigenvalue weighted by molar-refractivity contribution is -0.124. The van der Waals surface area contributed by atoms with Crippen molar-refractivity contribution in [3.8, 4) is 5.75 Å². The molecule has 1 aromatic rings. The van der Waals surface area contributed by atoms with Gasteiger partial charge in [-0.3, -0.25) is 4.79 Å². The number of amides is 1. The molecule has 2 unspecified atom stereocenters. The molecule has 0 bridgehead atoms. The molecule has 106 valence electrons. The zero-order chi connectivity index (χ0) is 13.8. The standard InChI is InChI=1S/C16H19NO3/c18-10-15(5-6-15)17-14(19)12-9-16(12)7-8-20-13-4-2-1-3-11(13)16/h1-4,12,18H,5-10H2,(H,17,19). The third kappa shape index (κ3) is 1.67. The molecule has 4 rings (SSSR count). The zero-order valence-corrected chi connectivity index (χ0v) is 11.4. The maximum Gasteiger partial charge on any atom is 0.224 e. The summed E-state index contributed by atoms with van der Waals surface area (Å²) < 4.78 is 5.69. The van der Waals surface area contributed by atoms with E-state index in [0.29, 0.717) is 6.61 Å². The Kier molecular flexibility index (Phi) is 2.43. The number of aliphatic hydroxyl groups excluding tert-OH is 1. The minimum absolute atomic E-state index is 0.0234. The van der Waals surface area contributed by atoms with Crippen LogP contribution in [0.25, 0.3) is 0 Å². The van der Waals surface area contributed by atoms with Crippen LogP contribution in [0.15, 0.2) is 24.3 Å². The second-order valence-corrected chi connectivity index (χ2v) is 6.44. The molecular weight excluding hydrogens is 254 g/mol. The summed E-state index contributed by atoms with van der Waals surface area (Å²) >= 11 is 0. The average Bonchev–Trinajstić information content (AvgIpc) is 3.37. The first-order valence-electron chi connectivity index (χ1n) is 7.34. The first-order valence-corrected chi connectivity index (χ1v) is 7.34. The summed E-state index contributed by atoms with van der Waals surface area (Å²) in [6.45, 7) is 0.740. The number of rotatable bonds is 3. The Morgan fingerprint density at radius 3 is 2.90 bits per heavy atom. The summed E-state index contributed by atoms with van der Waals surface area (Å²) in [6.07, 6.45) is 3.61. The van der Waals surface area contributed by atoms with E-state index in [0.717, 1.165) is 31.4 Å². The number of carbonyl (C=O) groups excluding carboxylic acids is 1. The van der Waals surface area contributed by atoms with Gasteiger partial charge in [0, 0.05) is 16.9 Å². The van der Waals surface area contributed by atoms with E-state index in [1.165, 1.54) is 5.56 Å². The van der Waals surface area contributed by atoms with E-state index >= 15 is 0 Å². The third-order valence-corrected chi connectivity index (χ3v) is 5.17. The SMILES string of the molecule is O=C(NC1(CO)CC1)C1CC12CCOc1ccccc12. The number of nitrogens with one attached hydrogen (secondary N) is 1. The predicted octanol–water partition coefficient (Wildman–Crippen LogP) is 1.37. The monoisotopic (exact) mass is 273 g/mol. The minimum Gasteiger partial charge on any atom is -0.493 e. The van der Waals surface area contributed by atoms with Crippen LogP contribution in [0.5, 0.6) is 5.75 Å². The Morgan fingerprint density at radius 2 is 2.15 bits per heavy atom. The molecule has 0 aromatic heterocycles. The van der Waals surface area contributed by atoms with Gasteiger partial charge in [0.2, 0.25) is 5.91 Å². The number of para-hydroxylation sites is 1. The van der Waals surface area contributed by atoms with Gasteiger partial charge in [0.25, 0.3) is 0 Å². The van der Waals surface area contributed by atoms with Gasteiger partial charge in [0.15, 0.2) is 0 Å². The quantitative estimate of drug-likeness (QED) is 0.874. The van der Waals surface area contributed by atoms with Crippen LogP contribution >= 0.6 is 0 Å². The highest BCUT2D eigenvalue weighted by molar-refractivity contribution is 5.85. The van der Waals surface area contributed by atoms with Crippen LogP contribution in [-0.4, -0.2) is 29.8 Å².